The van der Waals surface area contributed by atoms with E-state index >= 15 is 0 Å². The molecule has 1 aromatic heterocycles. The largest absolute Gasteiger partial charge is 0.496 e. The molecule has 0 aliphatic heterocycles. The van der Waals surface area contributed by atoms with Crippen LogP contribution in [-0.2, 0) is 6.54 Å². The Balaban J connectivity index is 2.45. The normalized spacial score (nSPS) is 12.4. The molecule has 0 radical (unpaired) electrons. The van der Waals surface area contributed by atoms with Crippen LogP contribution in [-0.4, -0.2) is 23.2 Å². The first kappa shape index (κ1) is 15.9. The average molecular weight is 308 g/mol. The number of nitrogens with one attached hydrogen (secondary N) is 1. The highest BCUT2D eigenvalue weighted by Crippen LogP contribution is 2.31. The summed E-state index contributed by atoms with van der Waals surface area (Å²) in [6.45, 7) is 6.04. The van der Waals surface area contributed by atoms with Crippen LogP contribution in [0.3, 0.4) is 0 Å². The molecule has 0 spiro atoms. The predicted molar refractivity (Wildman–Crippen MR) is 86.0 cm³/mol. The van der Waals surface area contributed by atoms with Crippen LogP contribution in [0.4, 0.5) is 0 Å². The molecule has 0 aliphatic rings. The summed E-state index contributed by atoms with van der Waals surface area (Å²) < 4.78 is 7.67. The number of nitrogens with zero attached hydrogens (tertiary/aromatic N) is 2. The van der Waals surface area contributed by atoms with Crippen molar-refractivity contribution in [1.29, 1.82) is 0 Å². The van der Waals surface area contributed by atoms with Crippen LogP contribution in [0.2, 0.25) is 5.02 Å². The van der Waals surface area contributed by atoms with Crippen molar-refractivity contribution in [3.63, 3.8) is 0 Å². The Labute approximate surface area is 131 Å². The van der Waals surface area contributed by atoms with Crippen LogP contribution in [0, 0.1) is 0 Å². The molecular weight excluding hydrogens is 286 g/mol. The molecule has 1 atom stereocenters. The highest BCUT2D eigenvalue weighted by atomic mass is 35.5. The molecule has 2 aromatic rings. The first-order valence-corrected chi connectivity index (χ1v) is 7.66. The molecule has 1 aromatic carbocycles. The zero-order valence-electron chi connectivity index (χ0n) is 12.8. The lowest BCUT2D eigenvalue weighted by atomic mass is 10.0. The Morgan fingerprint density at radius 1 is 1.38 bits per heavy atom. The van der Waals surface area contributed by atoms with E-state index in [1.807, 2.05) is 30.6 Å². The highest BCUT2D eigenvalue weighted by Gasteiger charge is 2.21. The molecule has 0 amide bonds. The second kappa shape index (κ2) is 7.48. The van der Waals surface area contributed by atoms with Gasteiger partial charge in [0.15, 0.2) is 0 Å². The van der Waals surface area contributed by atoms with Gasteiger partial charge in [-0.2, -0.15) is 0 Å². The van der Waals surface area contributed by atoms with Crippen LogP contribution < -0.4 is 10.1 Å². The van der Waals surface area contributed by atoms with Gasteiger partial charge in [-0.3, -0.25) is 0 Å². The molecule has 1 heterocycles. The Bertz CT molecular complexity index is 583. The van der Waals surface area contributed by atoms with Gasteiger partial charge in [-0.05, 0) is 25.1 Å². The lowest BCUT2D eigenvalue weighted by molar-refractivity contribution is 0.401. The minimum absolute atomic E-state index is 0.0104. The fourth-order valence-electron chi connectivity index (χ4n) is 2.48. The molecule has 2 rings (SSSR count). The zero-order chi connectivity index (χ0) is 15.2. The van der Waals surface area contributed by atoms with Gasteiger partial charge in [0.2, 0.25) is 0 Å². The number of rotatable bonds is 7. The van der Waals surface area contributed by atoms with Gasteiger partial charge in [0.05, 0.1) is 13.2 Å². The van der Waals surface area contributed by atoms with Crippen LogP contribution >= 0.6 is 11.6 Å². The summed E-state index contributed by atoms with van der Waals surface area (Å²) in [7, 11) is 1.66. The Hall–Kier alpha value is -1.52. The van der Waals surface area contributed by atoms with Gasteiger partial charge >= 0.3 is 0 Å². The minimum atomic E-state index is -0.0104. The van der Waals surface area contributed by atoms with E-state index in [4.69, 9.17) is 16.3 Å². The minimum Gasteiger partial charge on any atom is -0.496 e. The molecule has 114 valence electrons. The van der Waals surface area contributed by atoms with E-state index in [2.05, 4.69) is 28.7 Å². The fraction of sp³-hybridized carbons (Fsp3) is 0.438. The second-order valence-electron chi connectivity index (χ2n) is 4.86. The first-order valence-electron chi connectivity index (χ1n) is 7.29. The number of aromatic nitrogens is 2. The van der Waals surface area contributed by atoms with Gasteiger partial charge in [0.25, 0.3) is 0 Å². The van der Waals surface area contributed by atoms with E-state index < -0.39 is 0 Å². The Kier molecular flexibility index (Phi) is 5.65. The van der Waals surface area contributed by atoms with E-state index in [1.54, 1.807) is 7.11 Å². The molecule has 4 nitrogen and oxygen atoms in total. The van der Waals surface area contributed by atoms with Crippen molar-refractivity contribution in [2.24, 2.45) is 0 Å². The molecule has 0 saturated heterocycles. The number of halogens is 1. The molecule has 0 aliphatic carbocycles. The number of aryl methyl sites for hydroxylation is 1. The summed E-state index contributed by atoms with van der Waals surface area (Å²) in [5.74, 6) is 1.78. The van der Waals surface area contributed by atoms with Crippen molar-refractivity contribution in [3.8, 4) is 5.75 Å². The summed E-state index contributed by atoms with van der Waals surface area (Å²) in [6.07, 6.45) is 4.93. The summed E-state index contributed by atoms with van der Waals surface area (Å²) in [6, 6.07) is 5.72. The Morgan fingerprint density at radius 2 is 2.19 bits per heavy atom. The summed E-state index contributed by atoms with van der Waals surface area (Å²) in [4.78, 5) is 4.54. The van der Waals surface area contributed by atoms with Gasteiger partial charge in [-0.15, -0.1) is 0 Å². The number of hydrogen-bond donors (Lipinski definition) is 1. The van der Waals surface area contributed by atoms with E-state index in [0.29, 0.717) is 5.02 Å². The fourth-order valence-corrected chi connectivity index (χ4v) is 2.64. The van der Waals surface area contributed by atoms with Gasteiger partial charge in [-0.1, -0.05) is 31.5 Å². The number of benzene rings is 1. The third-order valence-electron chi connectivity index (χ3n) is 3.39. The number of methoxy groups -OCH3 is 1. The number of hydrogen-bond acceptors (Lipinski definition) is 3. The summed E-state index contributed by atoms with van der Waals surface area (Å²) in [5, 5.41) is 4.16. The van der Waals surface area contributed by atoms with Crippen molar-refractivity contribution in [3.05, 3.63) is 47.0 Å². The quantitative estimate of drug-likeness (QED) is 0.848. The van der Waals surface area contributed by atoms with Crippen LogP contribution in [0.5, 0.6) is 5.75 Å². The maximum atomic E-state index is 6.06. The van der Waals surface area contributed by atoms with E-state index in [0.717, 1.165) is 36.6 Å². The maximum Gasteiger partial charge on any atom is 0.130 e. The molecule has 5 heteroatoms. The topological polar surface area (TPSA) is 39.1 Å². The van der Waals surface area contributed by atoms with E-state index in [-0.39, 0.29) is 6.04 Å². The summed E-state index contributed by atoms with van der Waals surface area (Å²) >= 11 is 6.06. The van der Waals surface area contributed by atoms with Crippen LogP contribution in [0.15, 0.2) is 30.6 Å². The highest BCUT2D eigenvalue weighted by molar-refractivity contribution is 6.30. The molecule has 0 bridgehead atoms. The lowest BCUT2D eigenvalue weighted by Crippen LogP contribution is -2.25. The van der Waals surface area contributed by atoms with Gasteiger partial charge in [-0.25, -0.2) is 4.98 Å². The first-order chi connectivity index (χ1) is 10.2. The zero-order valence-corrected chi connectivity index (χ0v) is 13.5. The third-order valence-corrected chi connectivity index (χ3v) is 3.62. The number of imidazole rings is 1. The predicted octanol–water partition coefficient (Wildman–Crippen LogP) is 3.65. The Morgan fingerprint density at radius 3 is 2.86 bits per heavy atom. The van der Waals surface area contributed by atoms with Crippen molar-refractivity contribution < 1.29 is 4.74 Å². The van der Waals surface area contributed by atoms with Crippen LogP contribution in [0.25, 0.3) is 0 Å². The standard InChI is InChI=1S/C16H22ClN3O/c1-4-9-20-10-8-19-16(20)15(18-5-2)13-7-6-12(17)11-14(13)21-3/h6-8,10-11,15,18H,4-5,9H2,1-3H3. The average Bonchev–Trinajstić information content (AvgIpc) is 2.93. The van der Waals surface area contributed by atoms with Gasteiger partial charge in [0, 0.05) is 29.5 Å². The molecule has 1 N–H and O–H groups in total. The molecule has 0 fully saturated rings. The van der Waals surface area contributed by atoms with E-state index in [9.17, 15) is 0 Å². The summed E-state index contributed by atoms with van der Waals surface area (Å²) in [5.41, 5.74) is 1.05. The SMILES string of the molecule is CCCn1ccnc1C(NCC)c1ccc(Cl)cc1OC. The number of ether oxygens (including phenoxy) is 1. The van der Waals surface area contributed by atoms with E-state index in [1.165, 1.54) is 0 Å². The van der Waals surface area contributed by atoms with Gasteiger partial charge in [0.1, 0.15) is 11.6 Å². The van der Waals surface area contributed by atoms with Crippen molar-refractivity contribution in [2.45, 2.75) is 32.9 Å². The molecule has 1 unspecified atom stereocenters. The monoisotopic (exact) mass is 307 g/mol. The molecule has 0 saturated carbocycles. The van der Waals surface area contributed by atoms with Crippen molar-refractivity contribution in [2.75, 3.05) is 13.7 Å². The van der Waals surface area contributed by atoms with Crippen molar-refractivity contribution >= 4 is 11.6 Å². The maximum absolute atomic E-state index is 6.06. The van der Waals surface area contributed by atoms with Crippen molar-refractivity contribution in [1.82, 2.24) is 14.9 Å². The van der Waals surface area contributed by atoms with Gasteiger partial charge < -0.3 is 14.6 Å². The molecule has 21 heavy (non-hydrogen) atoms. The van der Waals surface area contributed by atoms with Crippen LogP contribution in [0.1, 0.15) is 37.7 Å². The lowest BCUT2D eigenvalue weighted by Gasteiger charge is -2.21. The second-order valence-corrected chi connectivity index (χ2v) is 5.29. The third kappa shape index (κ3) is 3.57. The smallest absolute Gasteiger partial charge is 0.130 e. The molecular formula is C16H22ClN3O.